The van der Waals surface area contributed by atoms with Crippen molar-refractivity contribution in [3.63, 3.8) is 0 Å². The Morgan fingerprint density at radius 3 is 2.33 bits per heavy atom. The lowest BCUT2D eigenvalue weighted by atomic mass is 9.46. The van der Waals surface area contributed by atoms with E-state index in [9.17, 15) is 44.5 Å². The molecule has 2 fully saturated rings. The monoisotopic (exact) mass is 700 g/mol. The zero-order valence-electron chi connectivity index (χ0n) is 27.1. The zero-order chi connectivity index (χ0) is 35.5. The number of esters is 1. The Morgan fingerprint density at radius 2 is 1.67 bits per heavy atom. The second-order valence-electron chi connectivity index (χ2n) is 13.3. The number of alkyl halides is 1. The predicted molar refractivity (Wildman–Crippen MR) is 163 cm³/mol. The maximum absolute atomic E-state index is 14.3. The number of nitrogens with zero attached hydrogens (tertiary/aromatic N) is 2. The molecule has 4 aliphatic carbocycles. The molecule has 0 saturated heterocycles. The first-order valence-corrected chi connectivity index (χ1v) is 16.3. The van der Waals surface area contributed by atoms with Gasteiger partial charge in [0.25, 0.3) is 10.2 Å². The molecule has 0 aliphatic heterocycles. The Bertz CT molecular complexity index is 1390. The maximum Gasteiger partial charge on any atom is 0.508 e. The highest BCUT2D eigenvalue weighted by Crippen LogP contribution is 2.71. The van der Waals surface area contributed by atoms with Crippen LogP contribution in [-0.4, -0.2) is 82.0 Å². The molecule has 0 amide bonds. The number of halogens is 1. The molecule has 4 aliphatic rings. The molecule has 0 heterocycles. The van der Waals surface area contributed by atoms with E-state index in [1.165, 1.54) is 6.08 Å². The average molecular weight is 701 g/mol. The molecule has 0 bridgehead atoms. The van der Waals surface area contributed by atoms with E-state index >= 15 is 0 Å². The van der Waals surface area contributed by atoms with Crippen molar-refractivity contribution in [3.05, 3.63) is 44.0 Å². The SMILES string of the molecule is C[C@H]1CC2C3CC=C4CC(=O)C=C[C@]4(C)[C@@]3(Cl)[C@@H](O)C[C@]2(C)[C@@]1(OC(=O)CCCO[N+](=O)[O-])C(=O)COC(=O)OCCCCO[N+](=O)[O-]. The number of hydrogen-bond acceptors (Lipinski definition) is 14. The Morgan fingerprint density at radius 1 is 1.02 bits per heavy atom. The van der Waals surface area contributed by atoms with Crippen LogP contribution in [0.1, 0.15) is 72.1 Å². The van der Waals surface area contributed by atoms with Crippen molar-refractivity contribution in [3.8, 4) is 0 Å². The molecule has 16 nitrogen and oxygen atoms in total. The van der Waals surface area contributed by atoms with Gasteiger partial charge in [0, 0.05) is 29.6 Å². The zero-order valence-corrected chi connectivity index (χ0v) is 27.8. The third-order valence-corrected chi connectivity index (χ3v) is 11.8. The minimum Gasteiger partial charge on any atom is -0.450 e. The Labute approximate surface area is 281 Å². The first kappa shape index (κ1) is 37.0. The van der Waals surface area contributed by atoms with Gasteiger partial charge in [-0.3, -0.25) is 14.4 Å². The lowest BCUT2D eigenvalue weighted by molar-refractivity contribution is -0.757. The number of aliphatic hydroxyl groups excluding tert-OH is 1. The summed E-state index contributed by atoms with van der Waals surface area (Å²) in [5, 5.41) is 30.8. The van der Waals surface area contributed by atoms with Crippen LogP contribution in [0.4, 0.5) is 4.79 Å². The van der Waals surface area contributed by atoms with Gasteiger partial charge in [0.05, 0.1) is 30.8 Å². The van der Waals surface area contributed by atoms with Crippen LogP contribution in [0.2, 0.25) is 0 Å². The van der Waals surface area contributed by atoms with Crippen molar-refractivity contribution >= 4 is 35.3 Å². The number of ether oxygens (including phenoxy) is 3. The molecule has 0 spiro atoms. The molecule has 0 aromatic rings. The van der Waals surface area contributed by atoms with Gasteiger partial charge >= 0.3 is 12.1 Å². The van der Waals surface area contributed by atoms with Crippen LogP contribution in [0.3, 0.4) is 0 Å². The van der Waals surface area contributed by atoms with Crippen molar-refractivity contribution in [2.45, 2.75) is 88.7 Å². The normalized spacial score (nSPS) is 34.9. The van der Waals surface area contributed by atoms with Crippen LogP contribution in [-0.2, 0) is 38.3 Å². The number of carbonyl (C=O) groups is 4. The van der Waals surface area contributed by atoms with Gasteiger partial charge in [0.1, 0.15) is 0 Å². The third kappa shape index (κ3) is 6.60. The average Bonchev–Trinajstić information content (AvgIpc) is 3.22. The number of unbranched alkanes of at least 4 members (excludes halogenated alkanes) is 1. The Balaban J connectivity index is 1.59. The van der Waals surface area contributed by atoms with Crippen molar-refractivity contribution in [2.24, 2.45) is 28.6 Å². The van der Waals surface area contributed by atoms with E-state index in [2.05, 4.69) is 9.68 Å². The minimum atomic E-state index is -1.89. The summed E-state index contributed by atoms with van der Waals surface area (Å²) >= 11 is 7.51. The molecule has 8 atom stereocenters. The van der Waals surface area contributed by atoms with Crippen molar-refractivity contribution in [1.29, 1.82) is 0 Å². The van der Waals surface area contributed by atoms with Gasteiger partial charge in [-0.05, 0) is 56.4 Å². The van der Waals surface area contributed by atoms with Gasteiger partial charge in [0.2, 0.25) is 5.78 Å². The van der Waals surface area contributed by atoms with Crippen LogP contribution in [0.5, 0.6) is 0 Å². The second-order valence-corrected chi connectivity index (χ2v) is 14.0. The largest absolute Gasteiger partial charge is 0.508 e. The summed E-state index contributed by atoms with van der Waals surface area (Å²) in [6.07, 6.45) is 3.77. The van der Waals surface area contributed by atoms with E-state index in [-0.39, 0.29) is 70.0 Å². The molecule has 17 heteroatoms. The van der Waals surface area contributed by atoms with E-state index in [0.29, 0.717) is 12.8 Å². The van der Waals surface area contributed by atoms with E-state index in [0.717, 1.165) is 5.57 Å². The van der Waals surface area contributed by atoms with Crippen LogP contribution in [0.25, 0.3) is 0 Å². The highest BCUT2D eigenvalue weighted by molar-refractivity contribution is 6.26. The van der Waals surface area contributed by atoms with Crippen LogP contribution in [0.15, 0.2) is 23.8 Å². The molecule has 2 unspecified atom stereocenters. The number of hydrogen-bond donors (Lipinski definition) is 1. The smallest absolute Gasteiger partial charge is 0.450 e. The van der Waals surface area contributed by atoms with Gasteiger partial charge in [-0.15, -0.1) is 31.8 Å². The number of fused-ring (bicyclic) bond motifs is 5. The second kappa shape index (κ2) is 14.4. The number of allylic oxidation sites excluding steroid dienone is 4. The van der Waals surface area contributed by atoms with E-state index in [1.54, 1.807) is 19.9 Å². The molecule has 4 rings (SSSR count). The molecule has 0 aromatic heterocycles. The Hall–Kier alpha value is -3.79. The molecule has 1 N–H and O–H groups in total. The van der Waals surface area contributed by atoms with Crippen molar-refractivity contribution < 1.29 is 58.3 Å². The molecule has 0 radical (unpaired) electrons. The molecule has 0 aromatic carbocycles. The standard InChI is InChI=1S/C31H41ClN2O14/c1-19-15-23-22-9-8-20-16-21(35)10-11-28(20,2)30(22,32)24(36)17-29(23,3)31(19,48-26(38)7-6-14-47-34(42)43)25(37)18-45-27(39)44-12-4-5-13-46-33(40)41/h8,10-11,19,22-24,36H,4-7,9,12-18H2,1-3H3/t19-,22?,23?,24-,28-,29-,30-,31-/m0/s1. The van der Waals surface area contributed by atoms with Crippen LogP contribution in [0, 0.1) is 48.8 Å². The number of ketones is 2. The molecular formula is C31H41ClN2O14. The van der Waals surface area contributed by atoms with Gasteiger partial charge < -0.3 is 29.0 Å². The van der Waals surface area contributed by atoms with Crippen LogP contribution < -0.4 is 0 Å². The van der Waals surface area contributed by atoms with E-state index < -0.39 is 73.9 Å². The van der Waals surface area contributed by atoms with Gasteiger partial charge in [-0.2, -0.15) is 0 Å². The summed E-state index contributed by atoms with van der Waals surface area (Å²) in [7, 11) is 0. The van der Waals surface area contributed by atoms with E-state index in [1.807, 2.05) is 13.0 Å². The number of rotatable bonds is 15. The predicted octanol–water partition coefficient (Wildman–Crippen LogP) is 3.85. The lowest BCUT2D eigenvalue weighted by Crippen LogP contribution is -2.69. The first-order valence-electron chi connectivity index (χ1n) is 15.9. The highest BCUT2D eigenvalue weighted by Gasteiger charge is 2.76. The number of Topliss-reactive ketones (excluding diaryl/α,β-unsaturated/α-hetero) is 1. The van der Waals surface area contributed by atoms with E-state index in [4.69, 9.17) is 25.8 Å². The van der Waals surface area contributed by atoms with Crippen molar-refractivity contribution in [2.75, 3.05) is 26.4 Å². The van der Waals surface area contributed by atoms with Crippen molar-refractivity contribution in [1.82, 2.24) is 0 Å². The Kier molecular flexibility index (Phi) is 11.1. The summed E-state index contributed by atoms with van der Waals surface area (Å²) in [4.78, 5) is 80.3. The summed E-state index contributed by atoms with van der Waals surface area (Å²) in [6, 6.07) is 0. The van der Waals surface area contributed by atoms with Crippen LogP contribution >= 0.6 is 11.6 Å². The summed E-state index contributed by atoms with van der Waals surface area (Å²) in [6.45, 7) is 3.85. The summed E-state index contributed by atoms with van der Waals surface area (Å²) in [5.74, 6) is -3.03. The minimum absolute atomic E-state index is 0.0627. The molecule has 2 saturated carbocycles. The third-order valence-electron chi connectivity index (χ3n) is 10.8. The lowest BCUT2D eigenvalue weighted by Gasteiger charge is -2.63. The highest BCUT2D eigenvalue weighted by atomic mass is 35.5. The first-order chi connectivity index (χ1) is 22.5. The fourth-order valence-electron chi connectivity index (χ4n) is 8.66. The molecule has 48 heavy (non-hydrogen) atoms. The number of carbonyl (C=O) groups excluding carboxylic acids is 4. The molecule has 266 valence electrons. The quantitative estimate of drug-likeness (QED) is 0.0640. The van der Waals surface area contributed by atoms with Gasteiger partial charge in [-0.25, -0.2) is 4.79 Å². The maximum atomic E-state index is 14.3. The fraction of sp³-hybridized carbons (Fsp3) is 0.742. The summed E-state index contributed by atoms with van der Waals surface area (Å²) in [5.41, 5.74) is -3.13. The van der Waals surface area contributed by atoms with Gasteiger partial charge in [-0.1, -0.05) is 38.5 Å². The fourth-order valence-corrected chi connectivity index (χ4v) is 9.17. The molecular weight excluding hydrogens is 660 g/mol. The number of aliphatic hydroxyl groups is 1. The van der Waals surface area contributed by atoms with Gasteiger partial charge in [0.15, 0.2) is 18.0 Å². The topological polar surface area (TPSA) is 221 Å². The summed E-state index contributed by atoms with van der Waals surface area (Å²) < 4.78 is 16.2.